The summed E-state index contributed by atoms with van der Waals surface area (Å²) in [6.45, 7) is 6.11. The lowest BCUT2D eigenvalue weighted by Gasteiger charge is -2.34. The van der Waals surface area contributed by atoms with Crippen LogP contribution in [0.5, 0.6) is 0 Å². The van der Waals surface area contributed by atoms with Gasteiger partial charge in [0, 0.05) is 25.6 Å². The van der Waals surface area contributed by atoms with Gasteiger partial charge in [0.1, 0.15) is 11.5 Å². The van der Waals surface area contributed by atoms with Crippen LogP contribution in [0.25, 0.3) is 0 Å². The van der Waals surface area contributed by atoms with Crippen molar-refractivity contribution in [3.05, 3.63) is 23.7 Å². The predicted molar refractivity (Wildman–Crippen MR) is 90.3 cm³/mol. The van der Waals surface area contributed by atoms with E-state index in [1.54, 1.807) is 6.92 Å². The maximum atomic E-state index is 12.8. The molecule has 1 aromatic heterocycles. The molecule has 1 atom stereocenters. The molecule has 1 aliphatic heterocycles. The summed E-state index contributed by atoms with van der Waals surface area (Å²) in [5.74, 6) is 1.89. The van der Waals surface area contributed by atoms with Crippen LogP contribution in [-0.4, -0.2) is 53.3 Å². The van der Waals surface area contributed by atoms with Crippen LogP contribution in [-0.2, 0) is 16.1 Å². The molecule has 1 N–H and O–H groups in total. The number of piperidine rings is 1. The molecule has 1 saturated heterocycles. The van der Waals surface area contributed by atoms with Crippen LogP contribution in [0.15, 0.2) is 16.5 Å². The minimum Gasteiger partial charge on any atom is -0.464 e. The maximum Gasteiger partial charge on any atom is 0.237 e. The minimum atomic E-state index is 0.000901. The molecule has 6 nitrogen and oxygen atoms in total. The highest BCUT2D eigenvalue weighted by Crippen LogP contribution is 2.29. The number of hydrogen-bond acceptors (Lipinski definition) is 4. The third kappa shape index (κ3) is 4.60. The molecule has 3 rings (SSSR count). The van der Waals surface area contributed by atoms with Gasteiger partial charge in [-0.05, 0) is 51.3 Å². The van der Waals surface area contributed by atoms with Crippen molar-refractivity contribution >= 4 is 11.8 Å². The summed E-state index contributed by atoms with van der Waals surface area (Å²) in [7, 11) is 0. The van der Waals surface area contributed by atoms with Crippen molar-refractivity contribution < 1.29 is 14.0 Å². The molecule has 0 spiro atoms. The first-order valence-corrected chi connectivity index (χ1v) is 8.85. The number of carbonyl (C=O) groups excluding carboxylic acids is 2. The van der Waals surface area contributed by atoms with E-state index >= 15 is 0 Å². The van der Waals surface area contributed by atoms with Gasteiger partial charge in [-0.1, -0.05) is 0 Å². The Morgan fingerprint density at radius 2 is 2.12 bits per heavy atom. The lowest BCUT2D eigenvalue weighted by molar-refractivity contribution is -0.134. The molecule has 2 amide bonds. The number of furan rings is 1. The van der Waals surface area contributed by atoms with Crippen molar-refractivity contribution in [3.8, 4) is 0 Å². The van der Waals surface area contributed by atoms with Crippen LogP contribution in [0.4, 0.5) is 0 Å². The Bertz CT molecular complexity index is 594. The monoisotopic (exact) mass is 333 g/mol. The molecule has 0 bridgehead atoms. The number of hydrogen-bond donors (Lipinski definition) is 1. The lowest BCUT2D eigenvalue weighted by atomic mass is 10.1. The van der Waals surface area contributed by atoms with Crippen molar-refractivity contribution in [1.82, 2.24) is 15.1 Å². The summed E-state index contributed by atoms with van der Waals surface area (Å²) in [4.78, 5) is 28.1. The van der Waals surface area contributed by atoms with E-state index in [1.165, 1.54) is 0 Å². The number of rotatable bonds is 6. The quantitative estimate of drug-likeness (QED) is 0.860. The van der Waals surface area contributed by atoms with Crippen molar-refractivity contribution in [2.45, 2.75) is 58.2 Å². The smallest absolute Gasteiger partial charge is 0.237 e. The van der Waals surface area contributed by atoms with Crippen LogP contribution < -0.4 is 5.32 Å². The fourth-order valence-corrected chi connectivity index (χ4v) is 3.43. The van der Waals surface area contributed by atoms with E-state index in [0.717, 1.165) is 50.3 Å². The first-order valence-electron chi connectivity index (χ1n) is 8.85. The van der Waals surface area contributed by atoms with Gasteiger partial charge >= 0.3 is 0 Å². The second-order valence-electron chi connectivity index (χ2n) is 7.04. The predicted octanol–water partition coefficient (Wildman–Crippen LogP) is 1.68. The van der Waals surface area contributed by atoms with Crippen LogP contribution in [0.3, 0.4) is 0 Å². The largest absolute Gasteiger partial charge is 0.464 e. The zero-order chi connectivity index (χ0) is 17.1. The summed E-state index contributed by atoms with van der Waals surface area (Å²) < 4.78 is 5.64. The molecule has 2 fully saturated rings. The van der Waals surface area contributed by atoms with E-state index in [1.807, 2.05) is 24.0 Å². The van der Waals surface area contributed by atoms with Crippen molar-refractivity contribution in [2.75, 3.05) is 19.6 Å². The average Bonchev–Trinajstić information content (AvgIpc) is 3.27. The van der Waals surface area contributed by atoms with Gasteiger partial charge in [-0.2, -0.15) is 0 Å². The highest BCUT2D eigenvalue weighted by Gasteiger charge is 2.34. The number of carbonyl (C=O) groups is 2. The van der Waals surface area contributed by atoms with Gasteiger partial charge in [-0.25, -0.2) is 0 Å². The standard InChI is InChI=1S/C18H27N3O3/c1-13-5-8-17(24-13)11-21(16-6-7-16)18(23)12-20-9-3-4-15(10-20)19-14(2)22/h5,8,15-16H,3-4,6-7,9-12H2,1-2H3,(H,19,22). The molecule has 132 valence electrons. The lowest BCUT2D eigenvalue weighted by Crippen LogP contribution is -2.50. The molecule has 0 radical (unpaired) electrons. The molecular weight excluding hydrogens is 306 g/mol. The SMILES string of the molecule is CC(=O)NC1CCCN(CC(=O)N(Cc2ccc(C)o2)C2CC2)C1. The third-order valence-electron chi connectivity index (χ3n) is 4.70. The average molecular weight is 333 g/mol. The van der Waals surface area contributed by atoms with E-state index in [4.69, 9.17) is 4.42 Å². The van der Waals surface area contributed by atoms with E-state index in [9.17, 15) is 9.59 Å². The second kappa shape index (κ2) is 7.38. The van der Waals surface area contributed by atoms with E-state index in [2.05, 4.69) is 10.2 Å². The van der Waals surface area contributed by atoms with E-state index in [-0.39, 0.29) is 17.9 Å². The molecule has 0 aromatic carbocycles. The molecule has 1 saturated carbocycles. The molecular formula is C18H27N3O3. The van der Waals surface area contributed by atoms with Gasteiger partial charge in [0.15, 0.2) is 0 Å². The topological polar surface area (TPSA) is 65.8 Å². The molecule has 6 heteroatoms. The fraction of sp³-hybridized carbons (Fsp3) is 0.667. The number of aryl methyl sites for hydroxylation is 1. The van der Waals surface area contributed by atoms with Crippen LogP contribution >= 0.6 is 0 Å². The summed E-state index contributed by atoms with van der Waals surface area (Å²) in [5.41, 5.74) is 0. The van der Waals surface area contributed by atoms with Gasteiger partial charge in [-0.15, -0.1) is 0 Å². The normalized spacial score (nSPS) is 21.5. The Kier molecular flexibility index (Phi) is 5.23. The van der Waals surface area contributed by atoms with Crippen LogP contribution in [0, 0.1) is 6.92 Å². The van der Waals surface area contributed by atoms with E-state index in [0.29, 0.717) is 19.1 Å². The summed E-state index contributed by atoms with van der Waals surface area (Å²) in [6, 6.07) is 4.41. The second-order valence-corrected chi connectivity index (χ2v) is 7.04. The van der Waals surface area contributed by atoms with Gasteiger partial charge in [0.2, 0.25) is 11.8 Å². The van der Waals surface area contributed by atoms with Crippen LogP contribution in [0.1, 0.15) is 44.1 Å². The zero-order valence-corrected chi connectivity index (χ0v) is 14.6. The summed E-state index contributed by atoms with van der Waals surface area (Å²) in [5, 5.41) is 2.97. The molecule has 1 unspecified atom stereocenters. The Labute approximate surface area is 143 Å². The molecule has 2 aliphatic rings. The minimum absolute atomic E-state index is 0.000901. The number of amides is 2. The Morgan fingerprint density at radius 1 is 1.33 bits per heavy atom. The van der Waals surface area contributed by atoms with Crippen molar-refractivity contribution in [3.63, 3.8) is 0 Å². The number of likely N-dealkylation sites (tertiary alicyclic amines) is 1. The zero-order valence-electron chi connectivity index (χ0n) is 14.6. The summed E-state index contributed by atoms with van der Waals surface area (Å²) in [6.07, 6.45) is 4.17. The Balaban J connectivity index is 1.56. The number of nitrogens with one attached hydrogen (secondary N) is 1. The van der Waals surface area contributed by atoms with Crippen molar-refractivity contribution in [1.29, 1.82) is 0 Å². The Morgan fingerprint density at radius 3 is 2.75 bits per heavy atom. The molecule has 24 heavy (non-hydrogen) atoms. The molecule has 1 aromatic rings. The summed E-state index contributed by atoms with van der Waals surface area (Å²) >= 11 is 0. The maximum absolute atomic E-state index is 12.8. The number of nitrogens with zero attached hydrogens (tertiary/aromatic N) is 2. The van der Waals surface area contributed by atoms with Gasteiger partial charge in [0.05, 0.1) is 13.1 Å². The van der Waals surface area contributed by atoms with Gasteiger partial charge in [-0.3, -0.25) is 14.5 Å². The van der Waals surface area contributed by atoms with Gasteiger partial charge in [0.25, 0.3) is 0 Å². The first kappa shape index (κ1) is 17.0. The first-order chi connectivity index (χ1) is 11.5. The van der Waals surface area contributed by atoms with Crippen molar-refractivity contribution in [2.24, 2.45) is 0 Å². The third-order valence-corrected chi connectivity index (χ3v) is 4.70. The fourth-order valence-electron chi connectivity index (χ4n) is 3.43. The highest BCUT2D eigenvalue weighted by molar-refractivity contribution is 5.79. The Hall–Kier alpha value is -1.82. The van der Waals surface area contributed by atoms with Gasteiger partial charge < -0.3 is 14.6 Å². The molecule has 1 aliphatic carbocycles. The van der Waals surface area contributed by atoms with Crippen LogP contribution in [0.2, 0.25) is 0 Å². The molecule has 2 heterocycles. The highest BCUT2D eigenvalue weighted by atomic mass is 16.3. The van der Waals surface area contributed by atoms with E-state index < -0.39 is 0 Å².